The van der Waals surface area contributed by atoms with E-state index in [0.717, 1.165) is 0 Å². The summed E-state index contributed by atoms with van der Waals surface area (Å²) in [5.74, 6) is 0.375. The van der Waals surface area contributed by atoms with Crippen LogP contribution < -0.4 is 0 Å². The lowest BCUT2D eigenvalue weighted by Gasteiger charge is -1.68. The average Bonchev–Trinajstić information content (AvgIpc) is 2.39. The van der Waals surface area contributed by atoms with Crippen LogP contribution >= 0.6 is 11.8 Å². The van der Waals surface area contributed by atoms with Crippen molar-refractivity contribution >= 4 is 18.0 Å². The molecule has 0 aromatic carbocycles. The molecular formula is C7H10O2S. The number of carbonyl (C=O) groups is 1. The third kappa shape index (κ3) is 4.21. The summed E-state index contributed by atoms with van der Waals surface area (Å²) in [7, 11) is 0. The van der Waals surface area contributed by atoms with Crippen molar-refractivity contribution in [3.63, 3.8) is 0 Å². The molecule has 56 valence electrons. The number of rotatable bonds is 1. The van der Waals surface area contributed by atoms with Crippen molar-refractivity contribution in [3.8, 4) is 0 Å². The molecule has 0 radical (unpaired) electrons. The molecule has 0 saturated carbocycles. The van der Waals surface area contributed by atoms with Gasteiger partial charge in [-0.1, -0.05) is 0 Å². The molecule has 1 aromatic heterocycles. The van der Waals surface area contributed by atoms with Crippen molar-refractivity contribution < 1.29 is 9.21 Å². The molecule has 10 heavy (non-hydrogen) atoms. The highest BCUT2D eigenvalue weighted by Gasteiger charge is 1.84. The fourth-order valence-electron chi connectivity index (χ4n) is 0.358. The van der Waals surface area contributed by atoms with E-state index in [4.69, 9.17) is 0 Å². The SMILES string of the molecule is CSC.O=Cc1ccco1. The molecule has 0 atom stereocenters. The minimum absolute atomic E-state index is 0.375. The fourth-order valence-corrected chi connectivity index (χ4v) is 0.358. The highest BCUT2D eigenvalue weighted by atomic mass is 32.2. The Labute approximate surface area is 64.6 Å². The van der Waals surface area contributed by atoms with Crippen LogP contribution in [0.15, 0.2) is 22.8 Å². The van der Waals surface area contributed by atoms with Gasteiger partial charge in [0, 0.05) is 0 Å². The van der Waals surface area contributed by atoms with Gasteiger partial charge in [0.25, 0.3) is 0 Å². The number of hydrogen-bond donors (Lipinski definition) is 0. The maximum absolute atomic E-state index is 9.77. The molecule has 0 amide bonds. The first-order valence-electron chi connectivity index (χ1n) is 2.74. The van der Waals surface area contributed by atoms with E-state index in [1.54, 1.807) is 23.9 Å². The number of furan rings is 1. The van der Waals surface area contributed by atoms with Crippen molar-refractivity contribution in [2.45, 2.75) is 0 Å². The maximum atomic E-state index is 9.77. The Hall–Kier alpha value is -0.700. The monoisotopic (exact) mass is 158 g/mol. The lowest BCUT2D eigenvalue weighted by molar-refractivity contribution is 0.110. The first kappa shape index (κ1) is 9.30. The minimum Gasteiger partial charge on any atom is -0.462 e. The zero-order valence-electron chi connectivity index (χ0n) is 6.03. The molecule has 0 N–H and O–H groups in total. The normalized spacial score (nSPS) is 7.80. The van der Waals surface area contributed by atoms with Crippen LogP contribution in [0, 0.1) is 0 Å². The van der Waals surface area contributed by atoms with Gasteiger partial charge in [-0.3, -0.25) is 4.79 Å². The topological polar surface area (TPSA) is 30.2 Å². The third-order valence-corrected chi connectivity index (χ3v) is 0.659. The second kappa shape index (κ2) is 6.42. The van der Waals surface area contributed by atoms with Gasteiger partial charge in [-0.15, -0.1) is 0 Å². The number of carbonyl (C=O) groups excluding carboxylic acids is 1. The number of thioether (sulfide) groups is 1. The van der Waals surface area contributed by atoms with Gasteiger partial charge in [0.1, 0.15) is 0 Å². The Bertz CT molecular complexity index is 158. The van der Waals surface area contributed by atoms with Crippen LogP contribution in [0.2, 0.25) is 0 Å². The first-order valence-corrected chi connectivity index (χ1v) is 4.37. The Morgan fingerprint density at radius 3 is 2.40 bits per heavy atom. The Balaban J connectivity index is 0.000000236. The van der Waals surface area contributed by atoms with Gasteiger partial charge in [-0.25, -0.2) is 0 Å². The largest absolute Gasteiger partial charge is 0.462 e. The zero-order chi connectivity index (χ0) is 7.82. The molecule has 0 aliphatic rings. The lowest BCUT2D eigenvalue weighted by atomic mass is 10.5. The van der Waals surface area contributed by atoms with E-state index in [1.165, 1.54) is 6.26 Å². The predicted octanol–water partition coefficient (Wildman–Crippen LogP) is 2.07. The van der Waals surface area contributed by atoms with Crippen LogP contribution in [-0.4, -0.2) is 18.8 Å². The van der Waals surface area contributed by atoms with Crippen molar-refractivity contribution in [2.24, 2.45) is 0 Å². The summed E-state index contributed by atoms with van der Waals surface area (Å²) in [4.78, 5) is 9.77. The highest BCUT2D eigenvalue weighted by Crippen LogP contribution is 1.92. The van der Waals surface area contributed by atoms with E-state index in [-0.39, 0.29) is 0 Å². The molecule has 0 aliphatic heterocycles. The summed E-state index contributed by atoms with van der Waals surface area (Å²) in [5, 5.41) is 0. The fraction of sp³-hybridized carbons (Fsp3) is 0.286. The van der Waals surface area contributed by atoms with Crippen LogP contribution in [0.1, 0.15) is 10.6 Å². The summed E-state index contributed by atoms with van der Waals surface area (Å²) < 4.78 is 4.61. The first-order chi connectivity index (χ1) is 4.85. The standard InChI is InChI=1S/C5H4O2.C2H6S/c6-4-5-2-1-3-7-5;1-3-2/h1-4H;1-2H3. The van der Waals surface area contributed by atoms with E-state index in [1.807, 2.05) is 12.5 Å². The Morgan fingerprint density at radius 2 is 2.20 bits per heavy atom. The Kier molecular flexibility index (Phi) is 5.97. The molecule has 0 fully saturated rings. The zero-order valence-corrected chi connectivity index (χ0v) is 6.85. The Morgan fingerprint density at radius 1 is 1.60 bits per heavy atom. The van der Waals surface area contributed by atoms with Gasteiger partial charge in [0.05, 0.1) is 6.26 Å². The van der Waals surface area contributed by atoms with E-state index < -0.39 is 0 Å². The molecule has 0 unspecified atom stereocenters. The number of aldehydes is 1. The summed E-state index contributed by atoms with van der Waals surface area (Å²) in [6.07, 6.45) is 6.21. The van der Waals surface area contributed by atoms with Gasteiger partial charge < -0.3 is 4.42 Å². The molecule has 1 aromatic rings. The summed E-state index contributed by atoms with van der Waals surface area (Å²) in [6, 6.07) is 3.27. The highest BCUT2D eigenvalue weighted by molar-refractivity contribution is 7.97. The van der Waals surface area contributed by atoms with E-state index in [2.05, 4.69) is 4.42 Å². The van der Waals surface area contributed by atoms with E-state index in [9.17, 15) is 4.79 Å². The third-order valence-electron chi connectivity index (χ3n) is 0.659. The van der Waals surface area contributed by atoms with Crippen LogP contribution in [0.4, 0.5) is 0 Å². The quantitative estimate of drug-likeness (QED) is 0.586. The lowest BCUT2D eigenvalue weighted by Crippen LogP contribution is -1.65. The van der Waals surface area contributed by atoms with Gasteiger partial charge in [-0.2, -0.15) is 11.8 Å². The van der Waals surface area contributed by atoms with Crippen LogP contribution in [0.3, 0.4) is 0 Å². The summed E-state index contributed by atoms with van der Waals surface area (Å²) in [6.45, 7) is 0. The van der Waals surface area contributed by atoms with Gasteiger partial charge in [0.2, 0.25) is 0 Å². The van der Waals surface area contributed by atoms with Crippen LogP contribution in [0.25, 0.3) is 0 Å². The molecule has 1 rings (SSSR count). The van der Waals surface area contributed by atoms with Crippen molar-refractivity contribution in [1.29, 1.82) is 0 Å². The minimum atomic E-state index is 0.375. The van der Waals surface area contributed by atoms with Crippen molar-refractivity contribution in [3.05, 3.63) is 24.2 Å². The molecular weight excluding hydrogens is 148 g/mol. The maximum Gasteiger partial charge on any atom is 0.185 e. The second-order valence-corrected chi connectivity index (χ2v) is 2.36. The van der Waals surface area contributed by atoms with Gasteiger partial charge >= 0.3 is 0 Å². The average molecular weight is 158 g/mol. The summed E-state index contributed by atoms with van der Waals surface area (Å²) >= 11 is 1.75. The summed E-state index contributed by atoms with van der Waals surface area (Å²) in [5.41, 5.74) is 0. The molecule has 2 nitrogen and oxygen atoms in total. The van der Waals surface area contributed by atoms with Crippen LogP contribution in [0.5, 0.6) is 0 Å². The molecule has 0 bridgehead atoms. The van der Waals surface area contributed by atoms with Crippen molar-refractivity contribution in [2.75, 3.05) is 12.5 Å². The van der Waals surface area contributed by atoms with Crippen molar-refractivity contribution in [1.82, 2.24) is 0 Å². The predicted molar refractivity (Wildman–Crippen MR) is 43.5 cm³/mol. The number of hydrogen-bond acceptors (Lipinski definition) is 3. The van der Waals surface area contributed by atoms with E-state index >= 15 is 0 Å². The second-order valence-electron chi connectivity index (χ2n) is 1.54. The molecule has 3 heteroatoms. The van der Waals surface area contributed by atoms with Crippen LogP contribution in [-0.2, 0) is 0 Å². The molecule has 0 aliphatic carbocycles. The van der Waals surface area contributed by atoms with Gasteiger partial charge in [0.15, 0.2) is 12.0 Å². The smallest absolute Gasteiger partial charge is 0.185 e. The molecule has 0 spiro atoms. The molecule has 1 heterocycles. The molecule has 0 saturated heterocycles. The van der Waals surface area contributed by atoms with E-state index in [0.29, 0.717) is 12.0 Å². The van der Waals surface area contributed by atoms with Gasteiger partial charge in [-0.05, 0) is 24.6 Å².